The van der Waals surface area contributed by atoms with Gasteiger partial charge >= 0.3 is 12.1 Å². The lowest BCUT2D eigenvalue weighted by Crippen LogP contribution is -2.26. The molecular formula is C16H14F3NO3. The van der Waals surface area contributed by atoms with Crippen LogP contribution < -0.4 is 5.56 Å². The summed E-state index contributed by atoms with van der Waals surface area (Å²) < 4.78 is 44.1. The van der Waals surface area contributed by atoms with Gasteiger partial charge in [-0.3, -0.25) is 4.79 Å². The molecule has 2 rings (SSSR count). The van der Waals surface area contributed by atoms with Crippen LogP contribution in [0.25, 0.3) is 11.1 Å². The molecule has 0 N–H and O–H groups in total. The van der Waals surface area contributed by atoms with Gasteiger partial charge in [0.2, 0.25) is 0 Å². The number of hydrogen-bond acceptors (Lipinski definition) is 3. The Labute approximate surface area is 130 Å². The van der Waals surface area contributed by atoms with Gasteiger partial charge in [-0.2, -0.15) is 13.2 Å². The molecule has 0 unspecified atom stereocenters. The molecule has 0 spiro atoms. The first-order valence-corrected chi connectivity index (χ1v) is 6.63. The number of ether oxygens (including phenoxy) is 1. The minimum absolute atomic E-state index is 0.0632. The van der Waals surface area contributed by atoms with Crippen molar-refractivity contribution in [1.82, 2.24) is 4.57 Å². The normalized spacial score (nSPS) is 11.4. The third kappa shape index (κ3) is 3.13. The molecule has 0 aliphatic heterocycles. The molecule has 1 heterocycles. The Bertz CT molecular complexity index is 822. The Balaban J connectivity index is 2.67. The van der Waals surface area contributed by atoms with Gasteiger partial charge in [-0.25, -0.2) is 4.79 Å². The summed E-state index contributed by atoms with van der Waals surface area (Å²) in [5.74, 6) is -0.683. The number of benzene rings is 1. The van der Waals surface area contributed by atoms with E-state index in [0.717, 1.165) is 16.7 Å². The van der Waals surface area contributed by atoms with Crippen LogP contribution in [0.4, 0.5) is 13.2 Å². The zero-order valence-electron chi connectivity index (χ0n) is 12.7. The second-order valence-corrected chi connectivity index (χ2v) is 5.02. The van der Waals surface area contributed by atoms with Crippen molar-refractivity contribution >= 4 is 5.97 Å². The number of pyridine rings is 1. The minimum atomic E-state index is -4.50. The van der Waals surface area contributed by atoms with Gasteiger partial charge in [0.15, 0.2) is 0 Å². The highest BCUT2D eigenvalue weighted by Gasteiger charge is 2.30. The molecular weight excluding hydrogens is 311 g/mol. The highest BCUT2D eigenvalue weighted by Crippen LogP contribution is 2.31. The number of hydrogen-bond donors (Lipinski definition) is 0. The molecule has 0 aliphatic rings. The van der Waals surface area contributed by atoms with Crippen LogP contribution in [0.5, 0.6) is 0 Å². The predicted octanol–water partition coefficient (Wildman–Crippen LogP) is 3.17. The van der Waals surface area contributed by atoms with Gasteiger partial charge in [0.25, 0.3) is 5.56 Å². The van der Waals surface area contributed by atoms with E-state index in [1.807, 2.05) is 0 Å². The molecule has 122 valence electrons. The average Bonchev–Trinajstić information content (AvgIpc) is 2.50. The fraction of sp³-hybridized carbons (Fsp3) is 0.250. The van der Waals surface area contributed by atoms with Crippen molar-refractivity contribution < 1.29 is 22.7 Å². The molecule has 1 aromatic carbocycles. The summed E-state index contributed by atoms with van der Waals surface area (Å²) >= 11 is 0. The maximum atomic E-state index is 12.8. The van der Waals surface area contributed by atoms with E-state index >= 15 is 0 Å². The van der Waals surface area contributed by atoms with Crippen molar-refractivity contribution in [2.45, 2.75) is 13.1 Å². The van der Waals surface area contributed by atoms with Crippen LogP contribution in [0.1, 0.15) is 21.6 Å². The Morgan fingerprint density at radius 3 is 2.43 bits per heavy atom. The summed E-state index contributed by atoms with van der Waals surface area (Å²) in [6.07, 6.45) is -4.50. The third-order valence-corrected chi connectivity index (χ3v) is 3.48. The zero-order chi connectivity index (χ0) is 17.4. The van der Waals surface area contributed by atoms with Crippen LogP contribution in [0.2, 0.25) is 0 Å². The summed E-state index contributed by atoms with van der Waals surface area (Å²) in [6.45, 7) is 1.59. The standard InChI is InChI=1S/C16H14F3NO3/c1-9-7-12(14(21)20(2)13(9)15(22)23-3)10-5-4-6-11(8-10)16(17,18)19/h4-8H,1-3H3. The second-order valence-electron chi connectivity index (χ2n) is 5.02. The highest BCUT2D eigenvalue weighted by atomic mass is 19.4. The van der Waals surface area contributed by atoms with Gasteiger partial charge in [0.05, 0.1) is 12.7 Å². The molecule has 0 saturated carbocycles. The monoisotopic (exact) mass is 325 g/mol. The van der Waals surface area contributed by atoms with E-state index in [1.165, 1.54) is 32.4 Å². The van der Waals surface area contributed by atoms with Crippen molar-refractivity contribution in [3.05, 3.63) is 57.5 Å². The third-order valence-electron chi connectivity index (χ3n) is 3.48. The van der Waals surface area contributed by atoms with Gasteiger partial charge in [0, 0.05) is 12.6 Å². The van der Waals surface area contributed by atoms with Gasteiger partial charge in [-0.15, -0.1) is 0 Å². The van der Waals surface area contributed by atoms with E-state index in [2.05, 4.69) is 4.74 Å². The largest absolute Gasteiger partial charge is 0.464 e. The van der Waals surface area contributed by atoms with Crippen LogP contribution in [0, 0.1) is 6.92 Å². The zero-order valence-corrected chi connectivity index (χ0v) is 12.7. The number of aryl methyl sites for hydroxylation is 1. The number of halogens is 3. The summed E-state index contributed by atoms with van der Waals surface area (Å²) in [6, 6.07) is 5.89. The summed E-state index contributed by atoms with van der Waals surface area (Å²) in [5.41, 5.74) is -0.689. The van der Waals surface area contributed by atoms with Crippen molar-refractivity contribution in [1.29, 1.82) is 0 Å². The minimum Gasteiger partial charge on any atom is -0.464 e. The van der Waals surface area contributed by atoms with E-state index < -0.39 is 23.3 Å². The lowest BCUT2D eigenvalue weighted by molar-refractivity contribution is -0.137. The van der Waals surface area contributed by atoms with Crippen molar-refractivity contribution in [3.8, 4) is 11.1 Å². The summed E-state index contributed by atoms with van der Waals surface area (Å²) in [5, 5.41) is 0. The Kier molecular flexibility index (Phi) is 4.31. The Hall–Kier alpha value is -2.57. The first-order chi connectivity index (χ1) is 10.7. The fourth-order valence-electron chi connectivity index (χ4n) is 2.36. The Morgan fingerprint density at radius 1 is 1.22 bits per heavy atom. The van der Waals surface area contributed by atoms with Crippen LogP contribution in [0.15, 0.2) is 35.1 Å². The lowest BCUT2D eigenvalue weighted by Gasteiger charge is -2.13. The fourth-order valence-corrected chi connectivity index (χ4v) is 2.36. The van der Waals surface area contributed by atoms with E-state index in [-0.39, 0.29) is 16.8 Å². The van der Waals surface area contributed by atoms with Gasteiger partial charge < -0.3 is 9.30 Å². The van der Waals surface area contributed by atoms with E-state index in [9.17, 15) is 22.8 Å². The molecule has 7 heteroatoms. The topological polar surface area (TPSA) is 48.3 Å². The van der Waals surface area contributed by atoms with Crippen molar-refractivity contribution in [3.63, 3.8) is 0 Å². The van der Waals surface area contributed by atoms with Gasteiger partial charge in [0.1, 0.15) is 5.69 Å². The van der Waals surface area contributed by atoms with Gasteiger partial charge in [-0.05, 0) is 36.2 Å². The molecule has 0 aliphatic carbocycles. The number of aromatic nitrogens is 1. The molecule has 23 heavy (non-hydrogen) atoms. The predicted molar refractivity (Wildman–Crippen MR) is 78.2 cm³/mol. The molecule has 2 aromatic rings. The first kappa shape index (κ1) is 16.8. The second kappa shape index (κ2) is 5.91. The summed E-state index contributed by atoms with van der Waals surface area (Å²) in [7, 11) is 2.56. The van der Waals surface area contributed by atoms with Crippen LogP contribution in [-0.2, 0) is 18.0 Å². The number of alkyl halides is 3. The molecule has 0 radical (unpaired) electrons. The number of esters is 1. The molecule has 0 saturated heterocycles. The number of carbonyl (C=O) groups is 1. The van der Waals surface area contributed by atoms with Crippen molar-refractivity contribution in [2.24, 2.45) is 7.05 Å². The quantitative estimate of drug-likeness (QED) is 0.797. The maximum absolute atomic E-state index is 12.8. The lowest BCUT2D eigenvalue weighted by atomic mass is 10.0. The molecule has 1 aromatic heterocycles. The molecule has 4 nitrogen and oxygen atoms in total. The smallest absolute Gasteiger partial charge is 0.416 e. The number of methoxy groups -OCH3 is 1. The number of nitrogens with zero attached hydrogens (tertiary/aromatic N) is 1. The highest BCUT2D eigenvalue weighted by molar-refractivity contribution is 5.89. The molecule has 0 bridgehead atoms. The van der Waals surface area contributed by atoms with Crippen LogP contribution >= 0.6 is 0 Å². The SMILES string of the molecule is COC(=O)c1c(C)cc(-c2cccc(C(F)(F)F)c2)c(=O)n1C. The average molecular weight is 325 g/mol. The number of rotatable bonds is 2. The van der Waals surface area contributed by atoms with E-state index in [1.54, 1.807) is 6.92 Å². The van der Waals surface area contributed by atoms with Crippen LogP contribution in [-0.4, -0.2) is 17.6 Å². The Morgan fingerprint density at radius 2 is 1.87 bits per heavy atom. The molecule has 0 fully saturated rings. The molecule has 0 atom stereocenters. The molecule has 0 amide bonds. The maximum Gasteiger partial charge on any atom is 0.416 e. The van der Waals surface area contributed by atoms with Crippen molar-refractivity contribution in [2.75, 3.05) is 7.11 Å². The van der Waals surface area contributed by atoms with Crippen LogP contribution in [0.3, 0.4) is 0 Å². The van der Waals surface area contributed by atoms with E-state index in [0.29, 0.717) is 5.56 Å². The van der Waals surface area contributed by atoms with E-state index in [4.69, 9.17) is 0 Å². The number of carbonyl (C=O) groups excluding carboxylic acids is 1. The first-order valence-electron chi connectivity index (χ1n) is 6.63. The summed E-state index contributed by atoms with van der Waals surface area (Å²) in [4.78, 5) is 24.1. The van der Waals surface area contributed by atoms with Gasteiger partial charge in [-0.1, -0.05) is 12.1 Å².